The minimum Gasteiger partial charge on any atom is -0.393 e. The molecule has 0 spiro atoms. The number of halogens is 1. The maximum absolute atomic E-state index is 12.2. The Morgan fingerprint density at radius 2 is 2.00 bits per heavy atom. The van der Waals surface area contributed by atoms with E-state index < -0.39 is 0 Å². The third kappa shape index (κ3) is 2.83. The molecule has 4 nitrogen and oxygen atoms in total. The summed E-state index contributed by atoms with van der Waals surface area (Å²) in [4.78, 5) is 14.1. The number of nitrogens with zero attached hydrogens (tertiary/aromatic N) is 1. The lowest BCUT2D eigenvalue weighted by atomic mass is 9.92. The number of nitrogens with one attached hydrogen (secondary N) is 1. The normalized spacial score (nSPS) is 30.4. The SMILES string of the molecule is O=C1NC(c2cccc(Br)c2)CN1C1CCC(O)CC1. The Hall–Kier alpha value is -1.07. The van der Waals surface area contributed by atoms with E-state index in [0.29, 0.717) is 0 Å². The van der Waals surface area contributed by atoms with E-state index in [1.807, 2.05) is 23.1 Å². The van der Waals surface area contributed by atoms with Crippen LogP contribution in [-0.4, -0.2) is 34.7 Å². The minimum atomic E-state index is -0.183. The van der Waals surface area contributed by atoms with Crippen LogP contribution in [0.15, 0.2) is 28.7 Å². The summed E-state index contributed by atoms with van der Waals surface area (Å²) in [5, 5.41) is 12.6. The van der Waals surface area contributed by atoms with Crippen molar-refractivity contribution in [3.05, 3.63) is 34.3 Å². The monoisotopic (exact) mass is 338 g/mol. The summed E-state index contributed by atoms with van der Waals surface area (Å²) < 4.78 is 1.03. The van der Waals surface area contributed by atoms with E-state index in [1.165, 1.54) is 0 Å². The zero-order chi connectivity index (χ0) is 14.1. The van der Waals surface area contributed by atoms with Crippen molar-refractivity contribution >= 4 is 22.0 Å². The van der Waals surface area contributed by atoms with Crippen LogP contribution in [-0.2, 0) is 0 Å². The van der Waals surface area contributed by atoms with E-state index in [9.17, 15) is 9.90 Å². The molecular formula is C15H19BrN2O2. The van der Waals surface area contributed by atoms with Crippen molar-refractivity contribution in [2.45, 2.75) is 43.9 Å². The lowest BCUT2D eigenvalue weighted by molar-refractivity contribution is 0.0907. The molecule has 2 amide bonds. The maximum atomic E-state index is 12.2. The van der Waals surface area contributed by atoms with Crippen molar-refractivity contribution in [1.82, 2.24) is 10.2 Å². The Morgan fingerprint density at radius 3 is 2.70 bits per heavy atom. The fourth-order valence-corrected chi connectivity index (χ4v) is 3.57. The van der Waals surface area contributed by atoms with Crippen molar-refractivity contribution in [1.29, 1.82) is 0 Å². The molecule has 1 aromatic rings. The van der Waals surface area contributed by atoms with Gasteiger partial charge in [0, 0.05) is 17.1 Å². The first-order chi connectivity index (χ1) is 9.63. The molecule has 0 radical (unpaired) electrons. The number of rotatable bonds is 2. The fourth-order valence-electron chi connectivity index (χ4n) is 3.15. The second-order valence-electron chi connectivity index (χ2n) is 5.67. The Kier molecular flexibility index (Phi) is 3.98. The topological polar surface area (TPSA) is 52.6 Å². The number of carbonyl (C=O) groups is 1. The number of urea groups is 1. The molecular weight excluding hydrogens is 320 g/mol. The highest BCUT2D eigenvalue weighted by molar-refractivity contribution is 9.10. The molecule has 1 unspecified atom stereocenters. The van der Waals surface area contributed by atoms with Gasteiger partial charge in [0.15, 0.2) is 0 Å². The first-order valence-corrected chi connectivity index (χ1v) is 7.93. The largest absolute Gasteiger partial charge is 0.393 e. The Morgan fingerprint density at radius 1 is 1.25 bits per heavy atom. The molecule has 1 aliphatic heterocycles. The van der Waals surface area contributed by atoms with Gasteiger partial charge in [-0.05, 0) is 43.4 Å². The molecule has 1 aliphatic carbocycles. The van der Waals surface area contributed by atoms with Gasteiger partial charge in [0.05, 0.1) is 12.1 Å². The van der Waals surface area contributed by atoms with Gasteiger partial charge in [-0.15, -0.1) is 0 Å². The molecule has 20 heavy (non-hydrogen) atoms. The van der Waals surface area contributed by atoms with E-state index >= 15 is 0 Å². The van der Waals surface area contributed by atoms with Gasteiger partial charge in [-0.25, -0.2) is 4.79 Å². The molecule has 3 rings (SSSR count). The van der Waals surface area contributed by atoms with Crippen LogP contribution in [0.2, 0.25) is 0 Å². The summed E-state index contributed by atoms with van der Waals surface area (Å²) >= 11 is 3.47. The number of hydrogen-bond acceptors (Lipinski definition) is 2. The van der Waals surface area contributed by atoms with Crippen molar-refractivity contribution < 1.29 is 9.90 Å². The zero-order valence-corrected chi connectivity index (χ0v) is 12.8. The molecule has 2 aliphatic rings. The van der Waals surface area contributed by atoms with Crippen LogP contribution in [0.5, 0.6) is 0 Å². The highest BCUT2D eigenvalue weighted by atomic mass is 79.9. The summed E-state index contributed by atoms with van der Waals surface area (Å²) in [7, 11) is 0. The lowest BCUT2D eigenvalue weighted by Crippen LogP contribution is -2.41. The van der Waals surface area contributed by atoms with Gasteiger partial charge >= 0.3 is 6.03 Å². The predicted molar refractivity (Wildman–Crippen MR) is 80.4 cm³/mol. The number of amides is 2. The number of aliphatic hydroxyl groups is 1. The Balaban J connectivity index is 1.69. The van der Waals surface area contributed by atoms with Crippen LogP contribution in [0.1, 0.15) is 37.3 Å². The molecule has 108 valence electrons. The predicted octanol–water partition coefficient (Wildman–Crippen LogP) is 2.82. The average Bonchev–Trinajstić information content (AvgIpc) is 2.82. The molecule has 2 N–H and O–H groups in total. The molecule has 2 fully saturated rings. The van der Waals surface area contributed by atoms with Crippen molar-refractivity contribution in [3.63, 3.8) is 0 Å². The zero-order valence-electron chi connectivity index (χ0n) is 11.3. The fraction of sp³-hybridized carbons (Fsp3) is 0.533. The molecule has 1 heterocycles. The molecule has 1 atom stereocenters. The van der Waals surface area contributed by atoms with Crippen LogP contribution >= 0.6 is 15.9 Å². The average molecular weight is 339 g/mol. The summed E-state index contributed by atoms with van der Waals surface area (Å²) in [6.45, 7) is 0.718. The first-order valence-electron chi connectivity index (χ1n) is 7.14. The van der Waals surface area contributed by atoms with Crippen LogP contribution in [0, 0.1) is 0 Å². The third-order valence-electron chi connectivity index (χ3n) is 4.30. The Labute approximate surface area is 127 Å². The summed E-state index contributed by atoms with van der Waals surface area (Å²) in [6, 6.07) is 8.44. The van der Waals surface area contributed by atoms with Gasteiger partial charge in [0.25, 0.3) is 0 Å². The highest BCUT2D eigenvalue weighted by Crippen LogP contribution is 2.29. The standard InChI is InChI=1S/C15H19BrN2O2/c16-11-3-1-2-10(8-11)14-9-18(15(20)17-14)12-4-6-13(19)7-5-12/h1-3,8,12-14,19H,4-7,9H2,(H,17,20). The Bertz CT molecular complexity index is 500. The van der Waals surface area contributed by atoms with Gasteiger partial charge in [0.2, 0.25) is 0 Å². The van der Waals surface area contributed by atoms with E-state index in [-0.39, 0.29) is 24.2 Å². The van der Waals surface area contributed by atoms with E-state index in [0.717, 1.165) is 42.3 Å². The van der Waals surface area contributed by atoms with Crippen LogP contribution in [0.3, 0.4) is 0 Å². The van der Waals surface area contributed by atoms with Crippen LogP contribution in [0.25, 0.3) is 0 Å². The van der Waals surface area contributed by atoms with Crippen molar-refractivity contribution in [2.75, 3.05) is 6.54 Å². The molecule has 0 aromatic heterocycles. The third-order valence-corrected chi connectivity index (χ3v) is 4.79. The summed E-state index contributed by atoms with van der Waals surface area (Å²) in [5.74, 6) is 0. The molecule has 1 saturated heterocycles. The van der Waals surface area contributed by atoms with E-state index in [4.69, 9.17) is 0 Å². The number of aliphatic hydroxyl groups excluding tert-OH is 1. The smallest absolute Gasteiger partial charge is 0.318 e. The van der Waals surface area contributed by atoms with E-state index in [1.54, 1.807) is 0 Å². The van der Waals surface area contributed by atoms with Gasteiger partial charge in [-0.3, -0.25) is 0 Å². The molecule has 5 heteroatoms. The van der Waals surface area contributed by atoms with Crippen molar-refractivity contribution in [3.8, 4) is 0 Å². The second-order valence-corrected chi connectivity index (χ2v) is 6.59. The summed E-state index contributed by atoms with van der Waals surface area (Å²) in [6.07, 6.45) is 3.23. The van der Waals surface area contributed by atoms with Gasteiger partial charge in [-0.1, -0.05) is 28.1 Å². The van der Waals surface area contributed by atoms with Gasteiger partial charge in [0.1, 0.15) is 0 Å². The molecule has 0 bridgehead atoms. The van der Waals surface area contributed by atoms with Crippen LogP contribution in [0.4, 0.5) is 4.79 Å². The summed E-state index contributed by atoms with van der Waals surface area (Å²) in [5.41, 5.74) is 1.13. The minimum absolute atomic E-state index is 0.0244. The highest BCUT2D eigenvalue weighted by Gasteiger charge is 2.36. The van der Waals surface area contributed by atoms with Crippen molar-refractivity contribution in [2.24, 2.45) is 0 Å². The number of benzene rings is 1. The second kappa shape index (κ2) is 5.74. The molecule has 1 aromatic carbocycles. The van der Waals surface area contributed by atoms with Gasteiger partial charge in [-0.2, -0.15) is 0 Å². The maximum Gasteiger partial charge on any atom is 0.318 e. The quantitative estimate of drug-likeness (QED) is 0.871. The van der Waals surface area contributed by atoms with E-state index in [2.05, 4.69) is 27.3 Å². The number of hydrogen-bond donors (Lipinski definition) is 2. The lowest BCUT2D eigenvalue weighted by Gasteiger charge is -2.32. The van der Waals surface area contributed by atoms with Crippen LogP contribution < -0.4 is 5.32 Å². The molecule has 1 saturated carbocycles. The number of carbonyl (C=O) groups excluding carboxylic acids is 1. The first kappa shape index (κ1) is 13.9. The van der Waals surface area contributed by atoms with Gasteiger partial charge < -0.3 is 15.3 Å².